The molecule has 0 saturated carbocycles. The molecule has 0 spiro atoms. The lowest BCUT2D eigenvalue weighted by Gasteiger charge is -2.17. The molecule has 104 valence electrons. The molecule has 1 saturated heterocycles. The van der Waals surface area contributed by atoms with Crippen LogP contribution in [0.25, 0.3) is 0 Å². The summed E-state index contributed by atoms with van der Waals surface area (Å²) in [6.07, 6.45) is -4.41. The maximum atomic E-state index is 12.6. The van der Waals surface area contributed by atoms with Crippen molar-refractivity contribution in [2.75, 3.05) is 17.4 Å². The van der Waals surface area contributed by atoms with Crippen LogP contribution in [0.2, 0.25) is 0 Å². The Kier molecular flexibility index (Phi) is 4.05. The molecule has 1 aliphatic heterocycles. The molecule has 1 heterocycles. The van der Waals surface area contributed by atoms with Gasteiger partial charge in [0.2, 0.25) is 0 Å². The van der Waals surface area contributed by atoms with Gasteiger partial charge in [-0.2, -0.15) is 13.2 Å². The van der Waals surface area contributed by atoms with Gasteiger partial charge in [0.25, 0.3) is 5.91 Å². The number of alkyl halides is 3. The van der Waals surface area contributed by atoms with Gasteiger partial charge >= 0.3 is 6.18 Å². The van der Waals surface area contributed by atoms with E-state index in [2.05, 4.69) is 0 Å². The van der Waals surface area contributed by atoms with E-state index in [4.69, 9.17) is 4.74 Å². The molecular weight excluding hydrogens is 279 g/mol. The second kappa shape index (κ2) is 5.42. The summed E-state index contributed by atoms with van der Waals surface area (Å²) >= 11 is 1.26. The molecule has 19 heavy (non-hydrogen) atoms. The average Bonchev–Trinajstić information content (AvgIpc) is 2.71. The van der Waals surface area contributed by atoms with Crippen molar-refractivity contribution in [1.82, 2.24) is 0 Å². The number of amides is 1. The van der Waals surface area contributed by atoms with E-state index < -0.39 is 17.2 Å². The molecule has 1 fully saturated rings. The van der Waals surface area contributed by atoms with Crippen LogP contribution in [-0.4, -0.2) is 23.8 Å². The average molecular weight is 291 g/mol. The van der Waals surface area contributed by atoms with Crippen molar-refractivity contribution in [3.05, 3.63) is 29.8 Å². The highest BCUT2D eigenvalue weighted by Crippen LogP contribution is 2.34. The van der Waals surface area contributed by atoms with E-state index in [1.807, 2.05) is 0 Å². The summed E-state index contributed by atoms with van der Waals surface area (Å²) in [6, 6.07) is 4.75. The number of thioether (sulfide) groups is 1. The van der Waals surface area contributed by atoms with Crippen LogP contribution in [0.4, 0.5) is 18.9 Å². The zero-order valence-corrected chi connectivity index (χ0v) is 10.9. The molecule has 1 aromatic carbocycles. The molecule has 1 aliphatic rings. The van der Waals surface area contributed by atoms with Crippen molar-refractivity contribution in [2.24, 2.45) is 0 Å². The number of halogens is 3. The molecule has 3 nitrogen and oxygen atoms in total. The van der Waals surface area contributed by atoms with Crippen molar-refractivity contribution in [1.29, 1.82) is 0 Å². The van der Waals surface area contributed by atoms with Crippen LogP contribution in [0.3, 0.4) is 0 Å². The van der Waals surface area contributed by atoms with E-state index in [-0.39, 0.29) is 11.6 Å². The minimum Gasteiger partial charge on any atom is -0.358 e. The second-order valence-corrected chi connectivity index (χ2v) is 4.92. The van der Waals surface area contributed by atoms with Gasteiger partial charge in [-0.05, 0) is 25.1 Å². The fraction of sp³-hybridized carbons (Fsp3) is 0.417. The number of nitrogens with zero attached hydrogens (tertiary/aromatic N) is 1. The normalized spacial score (nSPS) is 20.1. The minimum absolute atomic E-state index is 0.245. The number of ether oxygens (including phenoxy) is 1. The van der Waals surface area contributed by atoms with Crippen LogP contribution in [0.1, 0.15) is 12.5 Å². The highest BCUT2D eigenvalue weighted by atomic mass is 32.2. The summed E-state index contributed by atoms with van der Waals surface area (Å²) < 4.78 is 43.1. The lowest BCUT2D eigenvalue weighted by Crippen LogP contribution is -2.30. The molecule has 2 rings (SSSR count). The summed E-state index contributed by atoms with van der Waals surface area (Å²) in [7, 11) is 0. The van der Waals surface area contributed by atoms with Gasteiger partial charge in [0.05, 0.1) is 11.4 Å². The molecule has 1 atom stereocenters. The molecule has 0 aromatic heterocycles. The van der Waals surface area contributed by atoms with Crippen molar-refractivity contribution in [3.8, 4) is 0 Å². The topological polar surface area (TPSA) is 29.5 Å². The lowest BCUT2D eigenvalue weighted by molar-refractivity contribution is -0.137. The Balaban J connectivity index is 2.22. The zero-order chi connectivity index (χ0) is 14.0. The van der Waals surface area contributed by atoms with Crippen molar-refractivity contribution < 1.29 is 22.7 Å². The maximum absolute atomic E-state index is 12.6. The first-order valence-electron chi connectivity index (χ1n) is 5.65. The molecule has 1 aromatic rings. The maximum Gasteiger partial charge on any atom is 0.416 e. The smallest absolute Gasteiger partial charge is 0.358 e. The standard InChI is InChI=1S/C12H12F3NO2S/c1-2-18-11-10(17)16(7-19-11)9-5-3-4-8(6-9)12(13,14)15/h3-6,11H,2,7H2,1H3. The Hall–Kier alpha value is -1.21. The van der Waals surface area contributed by atoms with Gasteiger partial charge in [0.1, 0.15) is 0 Å². The summed E-state index contributed by atoms with van der Waals surface area (Å²) in [5.41, 5.74) is -1.14. The second-order valence-electron chi connectivity index (χ2n) is 3.90. The van der Waals surface area contributed by atoms with Gasteiger partial charge in [0.15, 0.2) is 5.44 Å². The highest BCUT2D eigenvalue weighted by Gasteiger charge is 2.36. The van der Waals surface area contributed by atoms with E-state index in [1.165, 1.54) is 28.8 Å². The van der Waals surface area contributed by atoms with Crippen molar-refractivity contribution >= 4 is 23.4 Å². The largest absolute Gasteiger partial charge is 0.416 e. The van der Waals surface area contributed by atoms with Gasteiger partial charge in [0, 0.05) is 12.3 Å². The monoisotopic (exact) mass is 291 g/mol. The van der Waals surface area contributed by atoms with E-state index in [0.717, 1.165) is 12.1 Å². The van der Waals surface area contributed by atoms with Crippen LogP contribution in [0.5, 0.6) is 0 Å². The van der Waals surface area contributed by atoms with Crippen LogP contribution in [0.15, 0.2) is 24.3 Å². The number of rotatable bonds is 3. The van der Waals surface area contributed by atoms with Crippen LogP contribution in [-0.2, 0) is 15.7 Å². The summed E-state index contributed by atoms with van der Waals surface area (Å²) in [6.45, 7) is 2.15. The lowest BCUT2D eigenvalue weighted by atomic mass is 10.2. The molecule has 1 amide bonds. The fourth-order valence-corrected chi connectivity index (χ4v) is 2.79. The molecule has 0 aliphatic carbocycles. The van der Waals surface area contributed by atoms with Gasteiger partial charge in [-0.25, -0.2) is 0 Å². The van der Waals surface area contributed by atoms with Crippen LogP contribution in [0, 0.1) is 0 Å². The third-order valence-corrected chi connectivity index (χ3v) is 3.67. The predicted octanol–water partition coefficient (Wildman–Crippen LogP) is 3.11. The molecule has 0 N–H and O–H groups in total. The van der Waals surface area contributed by atoms with Gasteiger partial charge in [-0.15, -0.1) is 0 Å². The fourth-order valence-electron chi connectivity index (χ4n) is 1.73. The van der Waals surface area contributed by atoms with Gasteiger partial charge < -0.3 is 4.74 Å². The molecule has 0 radical (unpaired) electrons. The summed E-state index contributed by atoms with van der Waals surface area (Å²) in [4.78, 5) is 13.3. The van der Waals surface area contributed by atoms with Crippen molar-refractivity contribution in [3.63, 3.8) is 0 Å². The first kappa shape index (κ1) is 14.2. The number of carbonyl (C=O) groups is 1. The number of anilines is 1. The zero-order valence-electron chi connectivity index (χ0n) is 10.1. The number of carbonyl (C=O) groups excluding carboxylic acids is 1. The van der Waals surface area contributed by atoms with Crippen LogP contribution >= 0.6 is 11.8 Å². The molecule has 0 bridgehead atoms. The van der Waals surface area contributed by atoms with E-state index in [1.54, 1.807) is 6.92 Å². The van der Waals surface area contributed by atoms with E-state index >= 15 is 0 Å². The molecule has 7 heteroatoms. The highest BCUT2D eigenvalue weighted by molar-refractivity contribution is 8.01. The first-order chi connectivity index (χ1) is 8.93. The summed E-state index contributed by atoms with van der Waals surface area (Å²) in [5.74, 6) is -0.0173. The Labute approximate surface area is 112 Å². The molecular formula is C12H12F3NO2S. The third kappa shape index (κ3) is 3.03. The number of hydrogen-bond acceptors (Lipinski definition) is 3. The predicted molar refractivity (Wildman–Crippen MR) is 66.8 cm³/mol. The Bertz CT molecular complexity index is 478. The number of benzene rings is 1. The van der Waals surface area contributed by atoms with Crippen molar-refractivity contribution in [2.45, 2.75) is 18.5 Å². The van der Waals surface area contributed by atoms with Gasteiger partial charge in [-0.1, -0.05) is 17.8 Å². The SMILES string of the molecule is CCOC1SCN(c2cccc(C(F)(F)F)c2)C1=O. The third-order valence-electron chi connectivity index (χ3n) is 2.63. The molecule has 1 unspecified atom stereocenters. The Morgan fingerprint density at radius 1 is 1.47 bits per heavy atom. The first-order valence-corrected chi connectivity index (χ1v) is 6.70. The summed E-state index contributed by atoms with van der Waals surface area (Å²) in [5, 5.41) is 0. The Morgan fingerprint density at radius 2 is 2.21 bits per heavy atom. The quantitative estimate of drug-likeness (QED) is 0.857. The van der Waals surface area contributed by atoms with Crippen LogP contribution < -0.4 is 4.90 Å². The van der Waals surface area contributed by atoms with Gasteiger partial charge in [-0.3, -0.25) is 9.69 Å². The Morgan fingerprint density at radius 3 is 2.84 bits per heavy atom. The minimum atomic E-state index is -4.41. The van der Waals surface area contributed by atoms with E-state index in [0.29, 0.717) is 12.5 Å². The number of hydrogen-bond donors (Lipinski definition) is 0. The van der Waals surface area contributed by atoms with E-state index in [9.17, 15) is 18.0 Å².